The fraction of sp³-hybridized carbons (Fsp3) is 0.438. The predicted octanol–water partition coefficient (Wildman–Crippen LogP) is -0.0419. The number of aldehydes is 1. The number of carbonyl (C=O) groups is 3. The molecule has 0 aliphatic carbocycles. The van der Waals surface area contributed by atoms with E-state index in [1.54, 1.807) is 17.0 Å². The molecule has 24 heavy (non-hydrogen) atoms. The lowest BCUT2D eigenvalue weighted by Crippen LogP contribution is -2.32. The van der Waals surface area contributed by atoms with E-state index in [0.717, 1.165) is 5.56 Å². The minimum Gasteiger partial charge on any atom is -0.508 e. The Morgan fingerprint density at radius 3 is 2.75 bits per heavy atom. The summed E-state index contributed by atoms with van der Waals surface area (Å²) < 4.78 is 9.69. The SMILES string of the molecule is CC(=O)COCOC(=O)CN(CC=O)Cc1ccc(O)c(CN)c1. The Balaban J connectivity index is 2.55. The highest BCUT2D eigenvalue weighted by Crippen LogP contribution is 2.18. The summed E-state index contributed by atoms with van der Waals surface area (Å²) in [4.78, 5) is 34.8. The molecule has 8 nitrogen and oxygen atoms in total. The van der Waals surface area contributed by atoms with Gasteiger partial charge in [0.15, 0.2) is 12.6 Å². The number of nitrogens with zero attached hydrogens (tertiary/aromatic N) is 1. The minimum atomic E-state index is -0.571. The molecule has 0 aliphatic heterocycles. The van der Waals surface area contributed by atoms with Crippen LogP contribution in [0, 0.1) is 0 Å². The number of nitrogens with two attached hydrogens (primary N) is 1. The second kappa shape index (κ2) is 10.5. The summed E-state index contributed by atoms with van der Waals surface area (Å²) in [6.07, 6.45) is 0.684. The van der Waals surface area contributed by atoms with Gasteiger partial charge in [-0.3, -0.25) is 14.5 Å². The Kier molecular flexibility index (Phi) is 8.63. The van der Waals surface area contributed by atoms with Crippen molar-refractivity contribution in [2.75, 3.05) is 26.5 Å². The number of esters is 1. The highest BCUT2D eigenvalue weighted by atomic mass is 16.7. The van der Waals surface area contributed by atoms with E-state index in [1.807, 2.05) is 0 Å². The lowest BCUT2D eigenvalue weighted by molar-refractivity contribution is -0.159. The van der Waals surface area contributed by atoms with Crippen molar-refractivity contribution in [3.63, 3.8) is 0 Å². The molecule has 0 fully saturated rings. The summed E-state index contributed by atoms with van der Waals surface area (Å²) in [6, 6.07) is 4.92. The van der Waals surface area contributed by atoms with Crippen LogP contribution in [-0.2, 0) is 36.9 Å². The smallest absolute Gasteiger partial charge is 0.322 e. The van der Waals surface area contributed by atoms with E-state index in [1.165, 1.54) is 13.0 Å². The number of ether oxygens (including phenoxy) is 2. The number of phenols is 1. The fourth-order valence-corrected chi connectivity index (χ4v) is 1.97. The summed E-state index contributed by atoms with van der Waals surface area (Å²) in [5, 5.41) is 9.62. The van der Waals surface area contributed by atoms with Crippen LogP contribution in [0.5, 0.6) is 5.75 Å². The van der Waals surface area contributed by atoms with Gasteiger partial charge in [-0.2, -0.15) is 0 Å². The average molecular weight is 338 g/mol. The quantitative estimate of drug-likeness (QED) is 0.250. The van der Waals surface area contributed by atoms with Crippen molar-refractivity contribution in [3.8, 4) is 5.75 Å². The molecule has 132 valence electrons. The molecule has 0 bridgehead atoms. The first-order valence-electron chi connectivity index (χ1n) is 7.36. The van der Waals surface area contributed by atoms with Crippen LogP contribution in [0.3, 0.4) is 0 Å². The molecule has 0 atom stereocenters. The number of hydrogen-bond acceptors (Lipinski definition) is 8. The number of aromatic hydroxyl groups is 1. The molecular formula is C16H22N2O6. The molecule has 1 aromatic rings. The van der Waals surface area contributed by atoms with Crippen LogP contribution in [0.2, 0.25) is 0 Å². The van der Waals surface area contributed by atoms with Gasteiger partial charge in [0.2, 0.25) is 0 Å². The number of Topliss-reactive ketones (excluding diaryl/α,β-unsaturated/α-hetero) is 1. The van der Waals surface area contributed by atoms with Crippen molar-refractivity contribution < 1.29 is 29.0 Å². The predicted molar refractivity (Wildman–Crippen MR) is 84.9 cm³/mol. The Labute approximate surface area is 140 Å². The fourth-order valence-electron chi connectivity index (χ4n) is 1.97. The average Bonchev–Trinajstić information content (AvgIpc) is 2.53. The summed E-state index contributed by atoms with van der Waals surface area (Å²) >= 11 is 0. The second-order valence-electron chi connectivity index (χ2n) is 5.19. The van der Waals surface area contributed by atoms with Gasteiger partial charge in [0.05, 0.1) is 13.1 Å². The Morgan fingerprint density at radius 2 is 2.12 bits per heavy atom. The number of benzene rings is 1. The zero-order chi connectivity index (χ0) is 17.9. The highest BCUT2D eigenvalue weighted by molar-refractivity contribution is 5.76. The van der Waals surface area contributed by atoms with E-state index in [4.69, 9.17) is 15.2 Å². The van der Waals surface area contributed by atoms with Gasteiger partial charge in [0.1, 0.15) is 18.6 Å². The van der Waals surface area contributed by atoms with Crippen LogP contribution in [0.15, 0.2) is 18.2 Å². The summed E-state index contributed by atoms with van der Waals surface area (Å²) in [6.45, 7) is 1.35. The van der Waals surface area contributed by atoms with Gasteiger partial charge in [-0.1, -0.05) is 6.07 Å². The maximum atomic E-state index is 11.7. The topological polar surface area (TPSA) is 119 Å². The number of phenolic OH excluding ortho intramolecular Hbond substituents is 1. The zero-order valence-electron chi connectivity index (χ0n) is 13.6. The van der Waals surface area contributed by atoms with Crippen molar-refractivity contribution in [2.45, 2.75) is 20.0 Å². The first kappa shape index (κ1) is 19.8. The molecule has 0 aromatic heterocycles. The minimum absolute atomic E-state index is 0.0439. The van der Waals surface area contributed by atoms with Gasteiger partial charge in [-0.15, -0.1) is 0 Å². The lowest BCUT2D eigenvalue weighted by Gasteiger charge is -2.19. The Morgan fingerprint density at radius 1 is 1.38 bits per heavy atom. The van der Waals surface area contributed by atoms with Crippen LogP contribution in [0.4, 0.5) is 0 Å². The number of rotatable bonds is 11. The van der Waals surface area contributed by atoms with E-state index in [0.29, 0.717) is 18.4 Å². The molecule has 0 amide bonds. The standard InChI is InChI=1S/C16H22N2O6/c1-12(20)10-23-11-24-16(22)9-18(4-5-19)8-13-2-3-15(21)14(6-13)7-17/h2-3,5-6,21H,4,7-11,17H2,1H3. The normalized spacial score (nSPS) is 10.6. The Hall–Kier alpha value is -2.29. The van der Waals surface area contributed by atoms with Gasteiger partial charge in [-0.25, -0.2) is 0 Å². The van der Waals surface area contributed by atoms with E-state index in [2.05, 4.69) is 0 Å². The molecule has 8 heteroatoms. The third-order valence-electron chi connectivity index (χ3n) is 3.06. The van der Waals surface area contributed by atoms with E-state index >= 15 is 0 Å². The van der Waals surface area contributed by atoms with Gasteiger partial charge < -0.3 is 25.1 Å². The van der Waals surface area contributed by atoms with Crippen molar-refractivity contribution in [1.82, 2.24) is 4.90 Å². The molecule has 0 heterocycles. The maximum Gasteiger partial charge on any atom is 0.322 e. The van der Waals surface area contributed by atoms with Gasteiger partial charge in [0, 0.05) is 18.7 Å². The van der Waals surface area contributed by atoms with Gasteiger partial charge >= 0.3 is 5.97 Å². The van der Waals surface area contributed by atoms with Crippen LogP contribution in [-0.4, -0.2) is 54.5 Å². The number of carbonyl (C=O) groups excluding carboxylic acids is 3. The molecule has 1 aromatic carbocycles. The molecule has 0 saturated heterocycles. The van der Waals surface area contributed by atoms with E-state index < -0.39 is 5.97 Å². The second-order valence-corrected chi connectivity index (χ2v) is 5.19. The monoisotopic (exact) mass is 338 g/mol. The molecule has 1 rings (SSSR count). The van der Waals surface area contributed by atoms with Crippen LogP contribution in [0.1, 0.15) is 18.1 Å². The summed E-state index contributed by atoms with van der Waals surface area (Å²) in [5.41, 5.74) is 6.92. The number of ketones is 1. The van der Waals surface area contributed by atoms with Crippen molar-refractivity contribution >= 4 is 18.0 Å². The van der Waals surface area contributed by atoms with Crippen LogP contribution < -0.4 is 5.73 Å². The first-order valence-corrected chi connectivity index (χ1v) is 7.36. The Bertz CT molecular complexity index is 576. The summed E-state index contributed by atoms with van der Waals surface area (Å²) in [7, 11) is 0. The molecule has 0 unspecified atom stereocenters. The van der Waals surface area contributed by atoms with E-state index in [-0.39, 0.29) is 44.6 Å². The molecule has 0 aliphatic rings. The molecule has 0 radical (unpaired) electrons. The molecule has 3 N–H and O–H groups in total. The van der Waals surface area contributed by atoms with Crippen LogP contribution >= 0.6 is 0 Å². The van der Waals surface area contributed by atoms with Crippen molar-refractivity contribution in [3.05, 3.63) is 29.3 Å². The highest BCUT2D eigenvalue weighted by Gasteiger charge is 2.13. The van der Waals surface area contributed by atoms with Crippen LogP contribution in [0.25, 0.3) is 0 Å². The largest absolute Gasteiger partial charge is 0.508 e. The molecule has 0 spiro atoms. The van der Waals surface area contributed by atoms with Crippen molar-refractivity contribution in [1.29, 1.82) is 0 Å². The van der Waals surface area contributed by atoms with Gasteiger partial charge in [-0.05, 0) is 24.6 Å². The van der Waals surface area contributed by atoms with Gasteiger partial charge in [0.25, 0.3) is 0 Å². The molecular weight excluding hydrogens is 316 g/mol. The third kappa shape index (κ3) is 7.32. The molecule has 0 saturated carbocycles. The van der Waals surface area contributed by atoms with E-state index in [9.17, 15) is 19.5 Å². The van der Waals surface area contributed by atoms with Crippen molar-refractivity contribution in [2.24, 2.45) is 5.73 Å². The maximum absolute atomic E-state index is 11.7. The lowest BCUT2D eigenvalue weighted by atomic mass is 10.1. The summed E-state index contributed by atoms with van der Waals surface area (Å²) in [5.74, 6) is -0.639. The first-order chi connectivity index (χ1) is 11.5. The third-order valence-corrected chi connectivity index (χ3v) is 3.06. The number of hydrogen-bond donors (Lipinski definition) is 2. The zero-order valence-corrected chi connectivity index (χ0v) is 13.6.